The number of hydrogen-bond donors (Lipinski definition) is 1. The normalized spacial score (nSPS) is 20.4. The molecule has 2 aromatic carbocycles. The van der Waals surface area contributed by atoms with Crippen LogP contribution in [0.25, 0.3) is 5.69 Å². The van der Waals surface area contributed by atoms with Gasteiger partial charge in [0.05, 0.1) is 33.4 Å². The minimum absolute atomic E-state index is 0.0327. The zero-order valence-corrected chi connectivity index (χ0v) is 23.6. The first-order chi connectivity index (χ1) is 18.2. The fraction of sp³-hybridized carbons (Fsp3) is 0.185. The van der Waals surface area contributed by atoms with Gasteiger partial charge in [0.15, 0.2) is 23.1 Å². The lowest BCUT2D eigenvalue weighted by atomic mass is 9.69. The minimum atomic E-state index is -0.684. The first-order valence-electron chi connectivity index (χ1n) is 11.7. The molecule has 2 aliphatic carbocycles. The molecule has 9 nitrogen and oxygen atoms in total. The molecule has 1 aromatic heterocycles. The van der Waals surface area contributed by atoms with E-state index in [2.05, 4.69) is 15.9 Å². The number of ketones is 2. The van der Waals surface area contributed by atoms with Crippen molar-refractivity contribution in [1.82, 2.24) is 13.9 Å². The Bertz CT molecular complexity index is 1780. The van der Waals surface area contributed by atoms with Crippen molar-refractivity contribution in [2.75, 3.05) is 7.11 Å². The molecule has 3 aliphatic rings. The number of halogens is 2. The molecule has 0 saturated carbocycles. The molecule has 0 saturated heterocycles. The lowest BCUT2D eigenvalue weighted by molar-refractivity contribution is -0.115. The summed E-state index contributed by atoms with van der Waals surface area (Å²) >= 11 is 5.20. The van der Waals surface area contributed by atoms with Crippen molar-refractivity contribution >= 4 is 50.1 Å². The number of nitrogens with zero attached hydrogens (tertiary/aromatic N) is 3. The van der Waals surface area contributed by atoms with Crippen LogP contribution in [0.1, 0.15) is 23.9 Å². The largest absolute Gasteiger partial charge is 0.504 e. The first-order valence-corrected chi connectivity index (χ1v) is 13.6. The average Bonchev–Trinajstić information content (AvgIpc) is 3.17. The van der Waals surface area contributed by atoms with Crippen LogP contribution in [0.3, 0.4) is 0 Å². The van der Waals surface area contributed by atoms with E-state index in [1.54, 1.807) is 42.5 Å². The quantitative estimate of drug-likeness (QED) is 0.256. The Morgan fingerprint density at radius 1 is 1.08 bits per heavy atom. The van der Waals surface area contributed by atoms with E-state index >= 15 is 0 Å². The van der Waals surface area contributed by atoms with Gasteiger partial charge in [0.25, 0.3) is 0 Å². The Balaban J connectivity index is 1.61. The highest BCUT2D eigenvalue weighted by Gasteiger charge is 2.45. The number of para-hydroxylation sites is 1. The van der Waals surface area contributed by atoms with E-state index in [1.165, 1.54) is 22.5 Å². The smallest absolute Gasteiger partial charge is 0.352 e. The molecule has 1 N–H and O–H groups in total. The summed E-state index contributed by atoms with van der Waals surface area (Å²) < 4.78 is 9.91. The third-order valence-electron chi connectivity index (χ3n) is 7.22. The molecule has 192 valence electrons. The van der Waals surface area contributed by atoms with Crippen molar-refractivity contribution in [2.45, 2.75) is 24.9 Å². The molecule has 2 heterocycles. The predicted octanol–water partition coefficient (Wildman–Crippen LogP) is 3.52. The van der Waals surface area contributed by atoms with Crippen LogP contribution in [-0.4, -0.2) is 37.7 Å². The van der Waals surface area contributed by atoms with Crippen LogP contribution in [0.5, 0.6) is 11.5 Å². The van der Waals surface area contributed by atoms with Crippen molar-refractivity contribution in [3.63, 3.8) is 0 Å². The highest BCUT2D eigenvalue weighted by atomic mass is 127. The second-order valence-corrected chi connectivity index (χ2v) is 11.2. The summed E-state index contributed by atoms with van der Waals surface area (Å²) in [5.74, 6) is -1.14. The van der Waals surface area contributed by atoms with Crippen LogP contribution in [0, 0.1) is 3.57 Å². The van der Waals surface area contributed by atoms with Crippen LogP contribution < -0.4 is 16.1 Å². The van der Waals surface area contributed by atoms with Gasteiger partial charge in [-0.3, -0.25) is 9.59 Å². The van der Waals surface area contributed by atoms with Gasteiger partial charge in [-0.15, -0.1) is 0 Å². The molecule has 38 heavy (non-hydrogen) atoms. The number of carbonyl (C=O) groups is 2. The number of allylic oxidation sites excluding steroid dienone is 6. The summed E-state index contributed by atoms with van der Waals surface area (Å²) in [4.78, 5) is 53.8. The Morgan fingerprint density at radius 2 is 1.82 bits per heavy atom. The second kappa shape index (κ2) is 9.09. The van der Waals surface area contributed by atoms with Crippen molar-refractivity contribution < 1.29 is 19.4 Å². The molecule has 0 amide bonds. The predicted molar refractivity (Wildman–Crippen MR) is 150 cm³/mol. The number of ether oxygens (including phenoxy) is 1. The summed E-state index contributed by atoms with van der Waals surface area (Å²) in [6, 6.07) is 11.4. The van der Waals surface area contributed by atoms with Gasteiger partial charge < -0.3 is 9.84 Å². The number of benzene rings is 2. The molecule has 6 rings (SSSR count). The standard InChI is InChI=1S/C27H19BrIN3O6/c1-38-21-10-13(9-18(29)25(21)35)22-15-7-8-30-26(36)31(14-5-3-2-4-6-14)27(37)32(30)19(15)11-16-23(22)20(33)12-17(28)24(16)34/h2-7,9-10,12,19,22,35H,8,11H2,1H3. The number of carbonyl (C=O) groups excluding carboxylic acids is 2. The molecule has 0 spiro atoms. The lowest BCUT2D eigenvalue weighted by Crippen LogP contribution is -2.40. The molecule has 3 aromatic rings. The Kier molecular flexibility index (Phi) is 5.94. The molecule has 11 heteroatoms. The van der Waals surface area contributed by atoms with E-state index in [4.69, 9.17) is 4.74 Å². The molecule has 2 atom stereocenters. The maximum Gasteiger partial charge on any atom is 0.352 e. The second-order valence-electron chi connectivity index (χ2n) is 9.15. The third-order valence-corrected chi connectivity index (χ3v) is 8.63. The van der Waals surface area contributed by atoms with Gasteiger partial charge in [-0.25, -0.2) is 23.5 Å². The van der Waals surface area contributed by atoms with Crippen LogP contribution in [0.4, 0.5) is 0 Å². The molecule has 0 radical (unpaired) electrons. The van der Waals surface area contributed by atoms with E-state index in [0.717, 1.165) is 10.1 Å². The average molecular weight is 688 g/mol. The molecule has 0 fully saturated rings. The summed E-state index contributed by atoms with van der Waals surface area (Å²) in [5.41, 5.74) is 1.41. The van der Waals surface area contributed by atoms with Gasteiger partial charge in [0.1, 0.15) is 0 Å². The molecule has 2 unspecified atom stereocenters. The fourth-order valence-corrected chi connectivity index (χ4v) is 6.64. The number of hydrogen-bond acceptors (Lipinski definition) is 6. The first kappa shape index (κ1) is 24.9. The molecular weight excluding hydrogens is 669 g/mol. The van der Waals surface area contributed by atoms with Crippen molar-refractivity contribution in [1.29, 1.82) is 0 Å². The number of aromatic hydroxyl groups is 1. The zero-order valence-electron chi connectivity index (χ0n) is 19.9. The number of Topliss-reactive ketones (excluding diaryl/α,β-unsaturated/α-hetero) is 1. The van der Waals surface area contributed by atoms with Crippen LogP contribution in [0.15, 0.2) is 85.4 Å². The van der Waals surface area contributed by atoms with E-state index in [9.17, 15) is 24.3 Å². The minimum Gasteiger partial charge on any atom is -0.504 e. The van der Waals surface area contributed by atoms with Crippen molar-refractivity contribution in [3.8, 4) is 17.2 Å². The van der Waals surface area contributed by atoms with E-state index in [1.807, 2.05) is 28.7 Å². The van der Waals surface area contributed by atoms with Crippen LogP contribution >= 0.6 is 38.5 Å². The molecular formula is C27H19BrIN3O6. The number of fused-ring (bicyclic) bond motifs is 3. The number of aromatic nitrogens is 3. The molecule has 1 aliphatic heterocycles. The topological polar surface area (TPSA) is 113 Å². The Labute approximate surface area is 237 Å². The SMILES string of the molecule is COc1cc(C2C3=CCn4c(=O)n(-c5ccccc5)c(=O)n4C3CC3=C2C(=O)C=C(Br)C3=O)cc(I)c1O. The highest BCUT2D eigenvalue weighted by molar-refractivity contribution is 14.1. The fourth-order valence-electron chi connectivity index (χ4n) is 5.57. The van der Waals surface area contributed by atoms with Gasteiger partial charge in [-0.2, -0.15) is 0 Å². The van der Waals surface area contributed by atoms with E-state index < -0.39 is 23.3 Å². The van der Waals surface area contributed by atoms with Gasteiger partial charge in [0.2, 0.25) is 0 Å². The van der Waals surface area contributed by atoms with Crippen LogP contribution in [0.2, 0.25) is 0 Å². The van der Waals surface area contributed by atoms with Crippen LogP contribution in [-0.2, 0) is 16.1 Å². The van der Waals surface area contributed by atoms with Gasteiger partial charge in [-0.1, -0.05) is 24.3 Å². The summed E-state index contributed by atoms with van der Waals surface area (Å²) in [7, 11) is 1.43. The third kappa shape index (κ3) is 3.55. The Morgan fingerprint density at radius 3 is 2.53 bits per heavy atom. The maximum absolute atomic E-state index is 13.7. The van der Waals surface area contributed by atoms with Crippen molar-refractivity contribution in [3.05, 3.63) is 106 Å². The number of methoxy groups -OCH3 is 1. The Hall–Kier alpha value is -3.45. The summed E-state index contributed by atoms with van der Waals surface area (Å²) in [5, 5.41) is 10.4. The summed E-state index contributed by atoms with van der Waals surface area (Å²) in [6.45, 7) is 0.118. The number of phenols is 1. The molecule has 0 bridgehead atoms. The van der Waals surface area contributed by atoms with E-state index in [0.29, 0.717) is 26.0 Å². The number of phenolic OH excluding ortho intramolecular Hbond substituents is 1. The van der Waals surface area contributed by atoms with Gasteiger partial charge in [0, 0.05) is 29.6 Å². The highest BCUT2D eigenvalue weighted by Crippen LogP contribution is 2.51. The monoisotopic (exact) mass is 687 g/mol. The van der Waals surface area contributed by atoms with Gasteiger partial charge >= 0.3 is 11.4 Å². The summed E-state index contributed by atoms with van der Waals surface area (Å²) in [6.07, 6.45) is 3.21. The maximum atomic E-state index is 13.7. The van der Waals surface area contributed by atoms with Gasteiger partial charge in [-0.05, 0) is 73.9 Å². The van der Waals surface area contributed by atoms with E-state index in [-0.39, 0.29) is 40.5 Å². The van der Waals surface area contributed by atoms with Crippen molar-refractivity contribution in [2.24, 2.45) is 0 Å². The zero-order chi connectivity index (χ0) is 26.9. The number of rotatable bonds is 3. The lowest BCUT2D eigenvalue weighted by Gasteiger charge is -2.39.